The van der Waals surface area contributed by atoms with Crippen LogP contribution in [0.25, 0.3) is 0 Å². The highest BCUT2D eigenvalue weighted by Crippen LogP contribution is 2.60. The van der Waals surface area contributed by atoms with Crippen molar-refractivity contribution in [2.45, 2.75) is 169 Å². The van der Waals surface area contributed by atoms with E-state index < -0.39 is 16.6 Å². The van der Waals surface area contributed by atoms with E-state index in [1.54, 1.807) is 5.57 Å². The van der Waals surface area contributed by atoms with Gasteiger partial charge < -0.3 is 8.85 Å². The number of fused-ring (bicyclic) bond motifs is 1. The molecule has 230 valence electrons. The Morgan fingerprint density at radius 2 is 1.45 bits per heavy atom. The standard InChI is InChI=1S/C36H66O2Si2/c1-15-17-26(2)30-21-22-31-29(18-16-23-36(30,31)10)20-19-28-24-32(37-39(11,12)34(4,5)6)27(3)33(25-28)38-40(13,14)35(7,8)9/h19-20,26,30-33H,3,15-18,21-25H2,1-2,4-14H3/t26-,30?,31-,32+,33+,36+/m0/s1. The van der Waals surface area contributed by atoms with Crippen LogP contribution in [0.2, 0.25) is 36.3 Å². The molecule has 0 N–H and O–H groups in total. The summed E-state index contributed by atoms with van der Waals surface area (Å²) < 4.78 is 14.1. The Bertz CT molecular complexity index is 918. The summed E-state index contributed by atoms with van der Waals surface area (Å²) >= 11 is 0. The third kappa shape index (κ3) is 7.20. The average molecular weight is 587 g/mol. The summed E-state index contributed by atoms with van der Waals surface area (Å²) in [5.41, 5.74) is 4.88. The Hall–Kier alpha value is -0.426. The van der Waals surface area contributed by atoms with Gasteiger partial charge in [0.05, 0.1) is 12.2 Å². The summed E-state index contributed by atoms with van der Waals surface area (Å²) in [6, 6.07) is 0. The lowest BCUT2D eigenvalue weighted by Gasteiger charge is -2.46. The average Bonchev–Trinajstić information content (AvgIpc) is 3.16. The normalized spacial score (nSPS) is 32.4. The largest absolute Gasteiger partial charge is 0.410 e. The minimum atomic E-state index is -1.94. The first-order chi connectivity index (χ1) is 18.2. The van der Waals surface area contributed by atoms with Crippen LogP contribution in [0.1, 0.15) is 120 Å². The van der Waals surface area contributed by atoms with Crippen molar-refractivity contribution in [3.05, 3.63) is 35.5 Å². The first-order valence-electron chi connectivity index (χ1n) is 16.7. The van der Waals surface area contributed by atoms with E-state index in [-0.39, 0.29) is 22.3 Å². The molecule has 3 aliphatic rings. The van der Waals surface area contributed by atoms with Gasteiger partial charge in [-0.1, -0.05) is 105 Å². The van der Waals surface area contributed by atoms with Crippen LogP contribution in [0.4, 0.5) is 0 Å². The molecule has 0 radical (unpaired) electrons. The lowest BCUT2D eigenvalue weighted by atomic mass is 9.61. The smallest absolute Gasteiger partial charge is 0.192 e. The van der Waals surface area contributed by atoms with Gasteiger partial charge in [-0.05, 0) is 110 Å². The highest BCUT2D eigenvalue weighted by molar-refractivity contribution is 6.74. The highest BCUT2D eigenvalue weighted by Gasteiger charge is 2.50. The van der Waals surface area contributed by atoms with Crippen molar-refractivity contribution in [1.29, 1.82) is 0 Å². The molecule has 3 fully saturated rings. The second kappa shape index (κ2) is 12.3. The highest BCUT2D eigenvalue weighted by atomic mass is 28.4. The topological polar surface area (TPSA) is 18.5 Å². The maximum atomic E-state index is 7.07. The zero-order valence-electron chi connectivity index (χ0n) is 28.9. The minimum absolute atomic E-state index is 0.0523. The van der Waals surface area contributed by atoms with E-state index in [9.17, 15) is 0 Å². The molecule has 1 unspecified atom stereocenters. The van der Waals surface area contributed by atoms with Crippen LogP contribution in [0.5, 0.6) is 0 Å². The van der Waals surface area contributed by atoms with Crippen LogP contribution in [0, 0.1) is 23.2 Å². The Kier molecular flexibility index (Phi) is 10.5. The molecule has 40 heavy (non-hydrogen) atoms. The molecular formula is C36H66O2Si2. The van der Waals surface area contributed by atoms with E-state index in [4.69, 9.17) is 8.85 Å². The van der Waals surface area contributed by atoms with Crippen LogP contribution in [-0.4, -0.2) is 28.8 Å². The van der Waals surface area contributed by atoms with Gasteiger partial charge in [-0.3, -0.25) is 0 Å². The molecule has 0 bridgehead atoms. The number of hydrogen-bond donors (Lipinski definition) is 0. The zero-order chi connectivity index (χ0) is 30.3. The van der Waals surface area contributed by atoms with Crippen molar-refractivity contribution < 1.29 is 8.85 Å². The molecule has 0 heterocycles. The molecule has 0 amide bonds. The van der Waals surface area contributed by atoms with Gasteiger partial charge >= 0.3 is 0 Å². The van der Waals surface area contributed by atoms with E-state index in [0.29, 0.717) is 5.41 Å². The van der Waals surface area contributed by atoms with Gasteiger partial charge in [0.15, 0.2) is 16.6 Å². The maximum absolute atomic E-state index is 7.07. The Morgan fingerprint density at radius 3 is 1.93 bits per heavy atom. The Labute approximate surface area is 252 Å². The molecule has 3 saturated carbocycles. The number of allylic oxidation sites excluding steroid dienone is 3. The van der Waals surface area contributed by atoms with E-state index in [2.05, 4.69) is 107 Å². The van der Waals surface area contributed by atoms with Crippen molar-refractivity contribution in [1.82, 2.24) is 0 Å². The fourth-order valence-corrected chi connectivity index (χ4v) is 10.2. The van der Waals surface area contributed by atoms with E-state index in [1.807, 2.05) is 0 Å². The van der Waals surface area contributed by atoms with Crippen molar-refractivity contribution in [2.75, 3.05) is 0 Å². The molecule has 2 nitrogen and oxygen atoms in total. The monoisotopic (exact) mass is 586 g/mol. The number of hydrogen-bond acceptors (Lipinski definition) is 2. The van der Waals surface area contributed by atoms with Crippen LogP contribution >= 0.6 is 0 Å². The van der Waals surface area contributed by atoms with Crippen LogP contribution in [0.15, 0.2) is 35.5 Å². The first-order valence-corrected chi connectivity index (χ1v) is 22.5. The van der Waals surface area contributed by atoms with Crippen molar-refractivity contribution in [2.24, 2.45) is 23.2 Å². The Balaban J connectivity index is 1.91. The predicted molar refractivity (Wildman–Crippen MR) is 181 cm³/mol. The zero-order valence-corrected chi connectivity index (χ0v) is 30.9. The quantitative estimate of drug-likeness (QED) is 0.208. The van der Waals surface area contributed by atoms with Gasteiger partial charge in [-0.2, -0.15) is 0 Å². The molecule has 3 aliphatic carbocycles. The van der Waals surface area contributed by atoms with Gasteiger partial charge in [0.25, 0.3) is 0 Å². The molecule has 0 aromatic carbocycles. The molecule has 0 spiro atoms. The van der Waals surface area contributed by atoms with Gasteiger partial charge in [0, 0.05) is 0 Å². The molecule has 3 rings (SSSR count). The summed E-state index contributed by atoms with van der Waals surface area (Å²) in [6.07, 6.45) is 16.6. The van der Waals surface area contributed by atoms with Crippen molar-refractivity contribution in [3.8, 4) is 0 Å². The third-order valence-corrected chi connectivity index (χ3v) is 21.2. The first kappa shape index (κ1) is 34.1. The van der Waals surface area contributed by atoms with Crippen molar-refractivity contribution in [3.63, 3.8) is 0 Å². The van der Waals surface area contributed by atoms with Crippen LogP contribution < -0.4 is 0 Å². The summed E-state index contributed by atoms with van der Waals surface area (Å²) in [5, 5.41) is 0.347. The summed E-state index contributed by atoms with van der Waals surface area (Å²) in [5.74, 6) is 2.50. The SMILES string of the molecule is C=C1[C@H](O[Si](C)(C)C(C)(C)C)CC(=CC=C2CCC[C@]3(C)C([C@@H](C)CCC)CC[C@@H]23)C[C@H]1O[Si](C)(C)C(C)(C)C. The van der Waals surface area contributed by atoms with Crippen LogP contribution in [0.3, 0.4) is 0 Å². The predicted octanol–water partition coefficient (Wildman–Crippen LogP) is 11.6. The van der Waals surface area contributed by atoms with Crippen molar-refractivity contribution >= 4 is 16.6 Å². The summed E-state index contributed by atoms with van der Waals surface area (Å²) in [4.78, 5) is 0. The number of rotatable bonds is 8. The molecule has 0 saturated heterocycles. The molecule has 4 heteroatoms. The van der Waals surface area contributed by atoms with Gasteiger partial charge in [0.1, 0.15) is 0 Å². The molecule has 6 atom stereocenters. The van der Waals surface area contributed by atoms with E-state index in [0.717, 1.165) is 30.6 Å². The van der Waals surface area contributed by atoms with Gasteiger partial charge in [-0.25, -0.2) is 0 Å². The molecule has 0 aromatic heterocycles. The van der Waals surface area contributed by atoms with E-state index >= 15 is 0 Å². The Morgan fingerprint density at radius 1 is 0.925 bits per heavy atom. The van der Waals surface area contributed by atoms with E-state index in [1.165, 1.54) is 56.1 Å². The lowest BCUT2D eigenvalue weighted by molar-refractivity contribution is 0.0940. The fourth-order valence-electron chi connectivity index (χ4n) is 7.56. The maximum Gasteiger partial charge on any atom is 0.192 e. The third-order valence-electron chi connectivity index (χ3n) is 12.2. The molecule has 0 aromatic rings. The molecule has 0 aliphatic heterocycles. The van der Waals surface area contributed by atoms with Gasteiger partial charge in [0.2, 0.25) is 0 Å². The summed E-state index contributed by atoms with van der Waals surface area (Å²) in [6.45, 7) is 35.7. The minimum Gasteiger partial charge on any atom is -0.410 e. The van der Waals surface area contributed by atoms with Crippen LogP contribution in [-0.2, 0) is 8.85 Å². The summed E-state index contributed by atoms with van der Waals surface area (Å²) in [7, 11) is -3.89. The molecular weight excluding hydrogens is 521 g/mol. The van der Waals surface area contributed by atoms with Gasteiger partial charge in [-0.15, -0.1) is 0 Å². The second-order valence-electron chi connectivity index (χ2n) is 17.1. The fraction of sp³-hybridized carbons (Fsp3) is 0.833. The lowest BCUT2D eigenvalue weighted by Crippen LogP contribution is -2.49. The second-order valence-corrected chi connectivity index (χ2v) is 26.7.